The number of fused-ring (bicyclic) bond motifs is 2. The number of ether oxygens (including phenoxy) is 1. The molecule has 3 aromatic carbocycles. The first-order valence-corrected chi connectivity index (χ1v) is 9.84. The van der Waals surface area contributed by atoms with Crippen molar-refractivity contribution in [1.29, 1.82) is 0 Å². The summed E-state index contributed by atoms with van der Waals surface area (Å²) in [5.41, 5.74) is 9.33. The molecule has 0 saturated heterocycles. The van der Waals surface area contributed by atoms with Crippen LogP contribution in [0.1, 0.15) is 15.9 Å². The number of carbonyl (C=O) groups is 2. The Balaban J connectivity index is 1.39. The third kappa shape index (κ3) is 3.48. The molecule has 0 bridgehead atoms. The summed E-state index contributed by atoms with van der Waals surface area (Å²) >= 11 is 0. The highest BCUT2D eigenvalue weighted by atomic mass is 16.5. The number of para-hydroxylation sites is 3. The van der Waals surface area contributed by atoms with E-state index in [1.807, 2.05) is 47.1 Å². The van der Waals surface area contributed by atoms with Crippen LogP contribution in [0.2, 0.25) is 0 Å². The van der Waals surface area contributed by atoms with Crippen molar-refractivity contribution in [2.45, 2.75) is 12.6 Å². The predicted octanol–water partition coefficient (Wildman–Crippen LogP) is 2.37. The van der Waals surface area contributed by atoms with Gasteiger partial charge in [0.25, 0.3) is 11.8 Å². The van der Waals surface area contributed by atoms with Crippen LogP contribution in [-0.4, -0.2) is 39.5 Å². The van der Waals surface area contributed by atoms with Gasteiger partial charge in [-0.15, -0.1) is 5.10 Å². The van der Waals surface area contributed by atoms with Gasteiger partial charge in [-0.2, -0.15) is 0 Å². The highest BCUT2D eigenvalue weighted by molar-refractivity contribution is 6.07. The summed E-state index contributed by atoms with van der Waals surface area (Å²) in [6, 6.07) is 22.2. The second-order valence-corrected chi connectivity index (χ2v) is 7.33. The highest BCUT2D eigenvalue weighted by Gasteiger charge is 2.33. The van der Waals surface area contributed by atoms with E-state index in [2.05, 4.69) is 10.3 Å². The third-order valence-corrected chi connectivity index (χ3v) is 5.29. The van der Waals surface area contributed by atoms with Crippen molar-refractivity contribution >= 4 is 28.5 Å². The minimum absolute atomic E-state index is 0.0673. The average Bonchev–Trinajstić information content (AvgIpc) is 3.21. The molecule has 0 aliphatic carbocycles. The van der Waals surface area contributed by atoms with Crippen LogP contribution in [0.4, 0.5) is 5.69 Å². The van der Waals surface area contributed by atoms with Crippen LogP contribution < -0.4 is 15.4 Å². The average molecular weight is 413 g/mol. The van der Waals surface area contributed by atoms with E-state index in [0.29, 0.717) is 23.5 Å². The van der Waals surface area contributed by atoms with Gasteiger partial charge in [0.1, 0.15) is 11.3 Å². The summed E-state index contributed by atoms with van der Waals surface area (Å²) in [6.45, 7) is 0.608. The quantitative estimate of drug-likeness (QED) is 0.553. The van der Waals surface area contributed by atoms with E-state index >= 15 is 0 Å². The monoisotopic (exact) mass is 413 g/mol. The van der Waals surface area contributed by atoms with E-state index in [1.165, 1.54) is 4.90 Å². The first-order valence-electron chi connectivity index (χ1n) is 9.84. The van der Waals surface area contributed by atoms with Gasteiger partial charge in [-0.3, -0.25) is 9.59 Å². The lowest BCUT2D eigenvalue weighted by molar-refractivity contribution is -0.124. The van der Waals surface area contributed by atoms with Gasteiger partial charge in [-0.05, 0) is 42.0 Å². The normalized spacial score (nSPS) is 15.4. The largest absolute Gasteiger partial charge is 0.477 e. The Morgan fingerprint density at radius 1 is 1.00 bits per heavy atom. The lowest BCUT2D eigenvalue weighted by Crippen LogP contribution is -2.49. The molecule has 1 aromatic heterocycles. The van der Waals surface area contributed by atoms with Crippen molar-refractivity contribution in [1.82, 2.24) is 15.0 Å². The van der Waals surface area contributed by atoms with E-state index in [0.717, 1.165) is 16.6 Å². The maximum Gasteiger partial charge on any atom is 0.260 e. The molecule has 0 unspecified atom stereocenters. The fourth-order valence-electron chi connectivity index (χ4n) is 3.69. The van der Waals surface area contributed by atoms with Crippen molar-refractivity contribution in [3.63, 3.8) is 0 Å². The summed E-state index contributed by atoms with van der Waals surface area (Å²) < 4.78 is 7.46. The van der Waals surface area contributed by atoms with Crippen LogP contribution in [0.5, 0.6) is 5.75 Å². The van der Waals surface area contributed by atoms with Gasteiger partial charge in [-0.1, -0.05) is 41.6 Å². The molecule has 2 N–H and O–H groups in total. The number of nitrogens with zero attached hydrogens (tertiary/aromatic N) is 4. The molecular formula is C23H19N5O3. The standard InChI is InChI=1S/C23H19N5O3/c24-22(29)21-14-27(19-7-3-4-8-20(19)31-21)23(30)16-11-9-15(10-12-16)13-28-18-6-2-1-5-17(18)25-26-28/h1-12,21H,13-14H2,(H2,24,29)/t21-/m0/s1. The Hall–Kier alpha value is -4.20. The number of anilines is 1. The van der Waals surface area contributed by atoms with E-state index in [4.69, 9.17) is 10.5 Å². The number of benzene rings is 3. The number of aromatic nitrogens is 3. The Morgan fingerprint density at radius 2 is 1.74 bits per heavy atom. The lowest BCUT2D eigenvalue weighted by atomic mass is 10.1. The van der Waals surface area contributed by atoms with E-state index < -0.39 is 12.0 Å². The third-order valence-electron chi connectivity index (χ3n) is 5.29. The van der Waals surface area contributed by atoms with E-state index in [-0.39, 0.29) is 12.5 Å². The maximum atomic E-state index is 13.2. The van der Waals surface area contributed by atoms with Gasteiger partial charge in [-0.25, -0.2) is 4.68 Å². The molecule has 31 heavy (non-hydrogen) atoms. The zero-order chi connectivity index (χ0) is 21.4. The second kappa shape index (κ2) is 7.56. The number of nitrogens with two attached hydrogens (primary N) is 1. The van der Waals surface area contributed by atoms with Crippen molar-refractivity contribution in [3.8, 4) is 5.75 Å². The van der Waals surface area contributed by atoms with Gasteiger partial charge in [0, 0.05) is 5.56 Å². The molecule has 2 amide bonds. The molecule has 8 heteroatoms. The van der Waals surface area contributed by atoms with Crippen molar-refractivity contribution in [3.05, 3.63) is 83.9 Å². The molecule has 0 spiro atoms. The van der Waals surface area contributed by atoms with E-state index in [9.17, 15) is 9.59 Å². The summed E-state index contributed by atoms with van der Waals surface area (Å²) in [6.07, 6.45) is -0.890. The smallest absolute Gasteiger partial charge is 0.260 e. The SMILES string of the molecule is NC(=O)[C@@H]1CN(C(=O)c2ccc(Cn3nnc4ccccc43)cc2)c2ccccc2O1. The Morgan fingerprint density at radius 3 is 2.55 bits per heavy atom. The van der Waals surface area contributed by atoms with Crippen LogP contribution in [0.3, 0.4) is 0 Å². The Labute approximate surface area is 177 Å². The van der Waals surface area contributed by atoms with Crippen LogP contribution in [0, 0.1) is 0 Å². The molecule has 8 nitrogen and oxygen atoms in total. The molecule has 1 atom stereocenters. The molecule has 0 fully saturated rings. The van der Waals surface area contributed by atoms with Crippen LogP contribution >= 0.6 is 0 Å². The molecule has 1 aliphatic heterocycles. The molecule has 4 aromatic rings. The number of rotatable bonds is 4. The van der Waals surface area contributed by atoms with Gasteiger partial charge < -0.3 is 15.4 Å². The zero-order valence-electron chi connectivity index (χ0n) is 16.5. The number of hydrogen-bond acceptors (Lipinski definition) is 5. The van der Waals surface area contributed by atoms with Crippen LogP contribution in [-0.2, 0) is 11.3 Å². The Bertz CT molecular complexity index is 1280. The molecule has 5 rings (SSSR count). The first-order chi connectivity index (χ1) is 15.1. The molecule has 2 heterocycles. The van der Waals surface area contributed by atoms with Gasteiger partial charge in [0.15, 0.2) is 6.10 Å². The van der Waals surface area contributed by atoms with Crippen LogP contribution in [0.25, 0.3) is 11.0 Å². The summed E-state index contributed by atoms with van der Waals surface area (Å²) in [7, 11) is 0. The molecular weight excluding hydrogens is 394 g/mol. The number of primary amides is 1. The van der Waals surface area contributed by atoms with Crippen LogP contribution in [0.15, 0.2) is 72.8 Å². The minimum atomic E-state index is -0.890. The second-order valence-electron chi connectivity index (χ2n) is 7.33. The number of amides is 2. The number of hydrogen-bond donors (Lipinski definition) is 1. The van der Waals surface area contributed by atoms with Crippen molar-refractivity contribution in [2.75, 3.05) is 11.4 Å². The molecule has 1 aliphatic rings. The minimum Gasteiger partial charge on any atom is -0.477 e. The van der Waals surface area contributed by atoms with Gasteiger partial charge >= 0.3 is 0 Å². The van der Waals surface area contributed by atoms with Crippen molar-refractivity contribution < 1.29 is 14.3 Å². The number of carbonyl (C=O) groups excluding carboxylic acids is 2. The predicted molar refractivity (Wildman–Crippen MR) is 115 cm³/mol. The van der Waals surface area contributed by atoms with Gasteiger partial charge in [0.2, 0.25) is 0 Å². The van der Waals surface area contributed by atoms with E-state index in [1.54, 1.807) is 30.3 Å². The molecule has 0 radical (unpaired) electrons. The summed E-state index contributed by atoms with van der Waals surface area (Å²) in [5, 5.41) is 8.37. The maximum absolute atomic E-state index is 13.2. The summed E-state index contributed by atoms with van der Waals surface area (Å²) in [5.74, 6) is -0.372. The topological polar surface area (TPSA) is 103 Å². The molecule has 0 saturated carbocycles. The molecule has 154 valence electrons. The highest BCUT2D eigenvalue weighted by Crippen LogP contribution is 2.34. The zero-order valence-corrected chi connectivity index (χ0v) is 16.5. The first kappa shape index (κ1) is 18.8. The lowest BCUT2D eigenvalue weighted by Gasteiger charge is -2.33. The van der Waals surface area contributed by atoms with Crippen molar-refractivity contribution in [2.24, 2.45) is 5.73 Å². The summed E-state index contributed by atoms with van der Waals surface area (Å²) in [4.78, 5) is 26.5. The fourth-order valence-corrected chi connectivity index (χ4v) is 3.69. The van der Waals surface area contributed by atoms with Gasteiger partial charge in [0.05, 0.1) is 24.3 Å². The fraction of sp³-hybridized carbons (Fsp3) is 0.130. The Kier molecular flexibility index (Phi) is 4.59.